The van der Waals surface area contributed by atoms with Crippen LogP contribution >= 0.6 is 0 Å². The molecular weight excluding hydrogens is 218 g/mol. The van der Waals surface area contributed by atoms with Gasteiger partial charge in [-0.1, -0.05) is 0 Å². The zero-order valence-electron chi connectivity index (χ0n) is 9.02. The standard InChI is InChI=1S/C11H11N5O/c17-11(8-16-6-5-13-9-16)15-14-7-10-1-3-12-4-2-10/h1-7,9H,8H2,(H,15,17). The molecule has 2 rings (SSSR count). The molecule has 0 saturated heterocycles. The molecule has 2 aromatic rings. The number of nitrogens with zero attached hydrogens (tertiary/aromatic N) is 4. The number of pyridine rings is 1. The van der Waals surface area contributed by atoms with Crippen molar-refractivity contribution in [3.05, 3.63) is 48.8 Å². The molecule has 2 aromatic heterocycles. The van der Waals surface area contributed by atoms with E-state index in [9.17, 15) is 4.79 Å². The molecule has 0 saturated carbocycles. The summed E-state index contributed by atoms with van der Waals surface area (Å²) >= 11 is 0. The van der Waals surface area contributed by atoms with E-state index >= 15 is 0 Å². The van der Waals surface area contributed by atoms with Gasteiger partial charge in [0.05, 0.1) is 12.5 Å². The minimum absolute atomic E-state index is 0.201. The van der Waals surface area contributed by atoms with Gasteiger partial charge in [0.1, 0.15) is 6.54 Å². The maximum Gasteiger partial charge on any atom is 0.260 e. The van der Waals surface area contributed by atoms with E-state index in [4.69, 9.17) is 0 Å². The largest absolute Gasteiger partial charge is 0.328 e. The molecule has 0 aliphatic rings. The first kappa shape index (κ1) is 11.0. The average molecular weight is 229 g/mol. The van der Waals surface area contributed by atoms with E-state index in [1.54, 1.807) is 54.0 Å². The van der Waals surface area contributed by atoms with E-state index in [2.05, 4.69) is 20.5 Å². The summed E-state index contributed by atoms with van der Waals surface area (Å²) in [5.74, 6) is -0.201. The van der Waals surface area contributed by atoms with Crippen LogP contribution in [0.2, 0.25) is 0 Å². The summed E-state index contributed by atoms with van der Waals surface area (Å²) in [6.45, 7) is 0.202. The van der Waals surface area contributed by atoms with Crippen molar-refractivity contribution < 1.29 is 4.79 Å². The summed E-state index contributed by atoms with van der Waals surface area (Å²) in [4.78, 5) is 19.1. The van der Waals surface area contributed by atoms with Crippen molar-refractivity contribution >= 4 is 12.1 Å². The molecule has 0 aliphatic carbocycles. The lowest BCUT2D eigenvalue weighted by molar-refractivity contribution is -0.121. The van der Waals surface area contributed by atoms with Gasteiger partial charge in [-0.05, 0) is 17.7 Å². The summed E-state index contributed by atoms with van der Waals surface area (Å²) in [5.41, 5.74) is 3.31. The number of rotatable bonds is 4. The van der Waals surface area contributed by atoms with Crippen LogP contribution in [-0.2, 0) is 11.3 Å². The summed E-state index contributed by atoms with van der Waals surface area (Å²) in [6, 6.07) is 3.59. The predicted octanol–water partition coefficient (Wildman–Crippen LogP) is 0.428. The highest BCUT2D eigenvalue weighted by Crippen LogP contribution is 1.90. The fraction of sp³-hybridized carbons (Fsp3) is 0.0909. The predicted molar refractivity (Wildman–Crippen MR) is 62.2 cm³/mol. The second-order valence-electron chi connectivity index (χ2n) is 3.31. The van der Waals surface area contributed by atoms with Crippen LogP contribution in [0, 0.1) is 0 Å². The second-order valence-corrected chi connectivity index (χ2v) is 3.31. The van der Waals surface area contributed by atoms with E-state index < -0.39 is 0 Å². The van der Waals surface area contributed by atoms with Crippen LogP contribution in [0.1, 0.15) is 5.56 Å². The first-order valence-electron chi connectivity index (χ1n) is 5.02. The Morgan fingerprint density at radius 2 is 2.18 bits per heavy atom. The van der Waals surface area contributed by atoms with Crippen molar-refractivity contribution in [3.8, 4) is 0 Å². The maximum absolute atomic E-state index is 11.4. The minimum Gasteiger partial charge on any atom is -0.328 e. The molecule has 0 atom stereocenters. The van der Waals surface area contributed by atoms with Crippen LogP contribution in [0.25, 0.3) is 0 Å². The Labute approximate surface area is 98.0 Å². The summed E-state index contributed by atoms with van der Waals surface area (Å²) in [7, 11) is 0. The molecule has 0 aromatic carbocycles. The van der Waals surface area contributed by atoms with Gasteiger partial charge in [0.2, 0.25) is 0 Å². The smallest absolute Gasteiger partial charge is 0.260 e. The highest BCUT2D eigenvalue weighted by Gasteiger charge is 1.99. The Balaban J connectivity index is 1.82. The molecule has 6 heteroatoms. The molecule has 17 heavy (non-hydrogen) atoms. The number of aromatic nitrogens is 3. The molecule has 0 radical (unpaired) electrons. The van der Waals surface area contributed by atoms with Gasteiger partial charge in [0, 0.05) is 24.8 Å². The van der Waals surface area contributed by atoms with Gasteiger partial charge in [-0.25, -0.2) is 10.4 Å². The van der Waals surface area contributed by atoms with E-state index in [1.807, 2.05) is 0 Å². The number of imidazole rings is 1. The van der Waals surface area contributed by atoms with E-state index in [1.165, 1.54) is 0 Å². The number of amides is 1. The Bertz CT molecular complexity index is 492. The highest BCUT2D eigenvalue weighted by atomic mass is 16.2. The first-order chi connectivity index (χ1) is 8.34. The molecule has 0 fully saturated rings. The van der Waals surface area contributed by atoms with Gasteiger partial charge in [-0.2, -0.15) is 5.10 Å². The number of hydrogen-bond donors (Lipinski definition) is 1. The Morgan fingerprint density at radius 3 is 2.88 bits per heavy atom. The van der Waals surface area contributed by atoms with Crippen molar-refractivity contribution in [1.82, 2.24) is 20.0 Å². The lowest BCUT2D eigenvalue weighted by Gasteiger charge is -1.99. The third-order valence-electron chi connectivity index (χ3n) is 1.99. The highest BCUT2D eigenvalue weighted by molar-refractivity contribution is 5.82. The van der Waals surface area contributed by atoms with Crippen LogP contribution < -0.4 is 5.43 Å². The molecule has 1 amide bonds. The van der Waals surface area contributed by atoms with Crippen molar-refractivity contribution in [2.45, 2.75) is 6.54 Å². The first-order valence-corrected chi connectivity index (χ1v) is 5.02. The van der Waals surface area contributed by atoms with Gasteiger partial charge >= 0.3 is 0 Å². The second kappa shape index (κ2) is 5.55. The molecule has 1 N–H and O–H groups in total. The molecule has 0 spiro atoms. The molecule has 86 valence electrons. The van der Waals surface area contributed by atoms with Crippen molar-refractivity contribution in [2.24, 2.45) is 5.10 Å². The van der Waals surface area contributed by atoms with Crippen LogP contribution in [0.5, 0.6) is 0 Å². The molecule has 0 unspecified atom stereocenters. The third kappa shape index (κ3) is 3.53. The molecular formula is C11H11N5O. The minimum atomic E-state index is -0.201. The number of carbonyl (C=O) groups excluding carboxylic acids is 1. The Kier molecular flexibility index (Phi) is 3.59. The molecule has 0 bridgehead atoms. The Morgan fingerprint density at radius 1 is 1.35 bits per heavy atom. The van der Waals surface area contributed by atoms with E-state index in [-0.39, 0.29) is 12.5 Å². The number of hydrogen-bond acceptors (Lipinski definition) is 4. The van der Waals surface area contributed by atoms with Crippen molar-refractivity contribution in [2.75, 3.05) is 0 Å². The van der Waals surface area contributed by atoms with Crippen LogP contribution in [0.3, 0.4) is 0 Å². The molecule has 2 heterocycles. The number of nitrogens with one attached hydrogen (secondary N) is 1. The zero-order valence-corrected chi connectivity index (χ0v) is 9.02. The number of carbonyl (C=O) groups is 1. The fourth-order valence-electron chi connectivity index (χ4n) is 1.21. The summed E-state index contributed by atoms with van der Waals surface area (Å²) in [6.07, 6.45) is 9.79. The lowest BCUT2D eigenvalue weighted by atomic mass is 10.3. The summed E-state index contributed by atoms with van der Waals surface area (Å²) < 4.78 is 1.66. The molecule has 0 aliphatic heterocycles. The van der Waals surface area contributed by atoms with Gasteiger partial charge in [-0.3, -0.25) is 9.78 Å². The molecule has 6 nitrogen and oxygen atoms in total. The maximum atomic E-state index is 11.4. The number of hydrazone groups is 1. The quantitative estimate of drug-likeness (QED) is 0.610. The van der Waals surface area contributed by atoms with Gasteiger partial charge in [-0.15, -0.1) is 0 Å². The third-order valence-corrected chi connectivity index (χ3v) is 1.99. The SMILES string of the molecule is O=C(Cn1ccnc1)NN=Cc1ccncc1. The average Bonchev–Trinajstić information content (AvgIpc) is 2.83. The van der Waals surface area contributed by atoms with Crippen molar-refractivity contribution in [3.63, 3.8) is 0 Å². The van der Waals surface area contributed by atoms with Gasteiger partial charge < -0.3 is 4.57 Å². The van der Waals surface area contributed by atoms with Crippen LogP contribution in [0.4, 0.5) is 0 Å². The zero-order chi connectivity index (χ0) is 11.9. The van der Waals surface area contributed by atoms with Crippen LogP contribution in [0.15, 0.2) is 48.3 Å². The summed E-state index contributed by atoms with van der Waals surface area (Å²) in [5, 5.41) is 3.84. The fourth-order valence-corrected chi connectivity index (χ4v) is 1.21. The van der Waals surface area contributed by atoms with E-state index in [0.717, 1.165) is 5.56 Å². The normalized spacial score (nSPS) is 10.6. The van der Waals surface area contributed by atoms with Gasteiger partial charge in [0.15, 0.2) is 0 Å². The van der Waals surface area contributed by atoms with Crippen molar-refractivity contribution in [1.29, 1.82) is 0 Å². The monoisotopic (exact) mass is 229 g/mol. The van der Waals surface area contributed by atoms with Gasteiger partial charge in [0.25, 0.3) is 5.91 Å². The van der Waals surface area contributed by atoms with E-state index in [0.29, 0.717) is 0 Å². The Hall–Kier alpha value is -2.50. The lowest BCUT2D eigenvalue weighted by Crippen LogP contribution is -2.22. The topological polar surface area (TPSA) is 72.2 Å². The van der Waals surface area contributed by atoms with Crippen LogP contribution in [-0.4, -0.2) is 26.7 Å².